The molecule has 0 saturated carbocycles. The van der Waals surface area contributed by atoms with Crippen LogP contribution >= 0.6 is 0 Å². The molecule has 1 rings (SSSR count). The molecular formula is C15H25N3O. The molecule has 0 saturated heterocycles. The second kappa shape index (κ2) is 6.57. The molecule has 0 spiro atoms. The minimum atomic E-state index is -0.103. The van der Waals surface area contributed by atoms with Gasteiger partial charge in [-0.2, -0.15) is 0 Å². The zero-order valence-corrected chi connectivity index (χ0v) is 12.5. The maximum atomic E-state index is 12.2. The number of nitrogens with two attached hydrogens (primary N) is 1. The first-order valence-corrected chi connectivity index (χ1v) is 6.63. The van der Waals surface area contributed by atoms with Crippen LogP contribution in [0.5, 0.6) is 0 Å². The second-order valence-corrected chi connectivity index (χ2v) is 5.58. The molecule has 19 heavy (non-hydrogen) atoms. The number of hydrogen-bond acceptors (Lipinski definition) is 3. The quantitative estimate of drug-likeness (QED) is 0.798. The summed E-state index contributed by atoms with van der Waals surface area (Å²) in [5.74, 6) is 0.374. The summed E-state index contributed by atoms with van der Waals surface area (Å²) >= 11 is 0. The Bertz CT molecular complexity index is 433. The molecule has 0 aliphatic carbocycles. The van der Waals surface area contributed by atoms with Crippen LogP contribution in [0, 0.1) is 12.8 Å². The molecular weight excluding hydrogens is 238 g/mol. The van der Waals surface area contributed by atoms with E-state index in [4.69, 9.17) is 5.73 Å². The lowest BCUT2D eigenvalue weighted by Gasteiger charge is -2.28. The Kier molecular flexibility index (Phi) is 5.36. The van der Waals surface area contributed by atoms with Gasteiger partial charge < -0.3 is 16.0 Å². The van der Waals surface area contributed by atoms with Gasteiger partial charge in [0.2, 0.25) is 0 Å². The SMILES string of the molecule is Cc1ccc(N)c(C(=O)NCC(C(C)C)N(C)C)c1. The van der Waals surface area contributed by atoms with Crippen molar-refractivity contribution in [3.8, 4) is 0 Å². The Morgan fingerprint density at radius 2 is 2.00 bits per heavy atom. The van der Waals surface area contributed by atoms with Crippen LogP contribution in [0.3, 0.4) is 0 Å². The number of carbonyl (C=O) groups is 1. The Labute approximate surface area is 116 Å². The van der Waals surface area contributed by atoms with E-state index in [-0.39, 0.29) is 5.91 Å². The Hall–Kier alpha value is -1.55. The van der Waals surface area contributed by atoms with E-state index in [0.29, 0.717) is 29.8 Å². The van der Waals surface area contributed by atoms with Gasteiger partial charge in [-0.3, -0.25) is 4.79 Å². The molecule has 0 aromatic heterocycles. The van der Waals surface area contributed by atoms with Gasteiger partial charge in [-0.25, -0.2) is 0 Å². The van der Waals surface area contributed by atoms with E-state index in [1.807, 2.05) is 33.2 Å². The predicted molar refractivity (Wildman–Crippen MR) is 80.2 cm³/mol. The standard InChI is InChI=1S/C15H25N3O/c1-10(2)14(18(4)5)9-17-15(19)12-8-11(3)6-7-13(12)16/h6-8,10,14H,9,16H2,1-5H3,(H,17,19). The molecule has 1 aromatic carbocycles. The molecule has 0 fully saturated rings. The molecule has 1 atom stereocenters. The number of anilines is 1. The number of carbonyl (C=O) groups excluding carboxylic acids is 1. The second-order valence-electron chi connectivity index (χ2n) is 5.58. The highest BCUT2D eigenvalue weighted by molar-refractivity contribution is 5.99. The number of likely N-dealkylation sites (N-methyl/N-ethyl adjacent to an activating group) is 1. The molecule has 0 bridgehead atoms. The lowest BCUT2D eigenvalue weighted by Crippen LogP contribution is -2.43. The van der Waals surface area contributed by atoms with Gasteiger partial charge in [-0.15, -0.1) is 0 Å². The molecule has 4 nitrogen and oxygen atoms in total. The molecule has 1 aromatic rings. The van der Waals surface area contributed by atoms with Gasteiger partial charge >= 0.3 is 0 Å². The first kappa shape index (κ1) is 15.5. The lowest BCUT2D eigenvalue weighted by molar-refractivity contribution is 0.0935. The highest BCUT2D eigenvalue weighted by atomic mass is 16.1. The largest absolute Gasteiger partial charge is 0.398 e. The summed E-state index contributed by atoms with van der Waals surface area (Å²) in [5.41, 5.74) is 7.96. The summed E-state index contributed by atoms with van der Waals surface area (Å²) in [4.78, 5) is 14.3. The maximum Gasteiger partial charge on any atom is 0.253 e. The number of nitrogens with zero attached hydrogens (tertiary/aromatic N) is 1. The first-order chi connectivity index (χ1) is 8.82. The molecule has 106 valence electrons. The topological polar surface area (TPSA) is 58.4 Å². The van der Waals surface area contributed by atoms with Crippen LogP contribution in [-0.4, -0.2) is 37.5 Å². The van der Waals surface area contributed by atoms with Crippen LogP contribution in [0.2, 0.25) is 0 Å². The Balaban J connectivity index is 2.72. The molecule has 4 heteroatoms. The summed E-state index contributed by atoms with van der Waals surface area (Å²) in [6, 6.07) is 5.82. The number of benzene rings is 1. The van der Waals surface area contributed by atoms with Gasteiger partial charge in [0.15, 0.2) is 0 Å². The maximum absolute atomic E-state index is 12.2. The summed E-state index contributed by atoms with van der Waals surface area (Å²) in [7, 11) is 4.05. The van der Waals surface area contributed by atoms with Crippen molar-refractivity contribution in [3.63, 3.8) is 0 Å². The number of aryl methyl sites for hydroxylation is 1. The summed E-state index contributed by atoms with van der Waals surface area (Å²) in [5, 5.41) is 2.97. The lowest BCUT2D eigenvalue weighted by atomic mass is 10.0. The number of rotatable bonds is 5. The minimum Gasteiger partial charge on any atom is -0.398 e. The van der Waals surface area contributed by atoms with E-state index >= 15 is 0 Å². The average Bonchev–Trinajstić information content (AvgIpc) is 2.31. The first-order valence-electron chi connectivity index (χ1n) is 6.63. The third-order valence-electron chi connectivity index (χ3n) is 3.36. The van der Waals surface area contributed by atoms with Crippen molar-refractivity contribution in [2.24, 2.45) is 5.92 Å². The van der Waals surface area contributed by atoms with Crippen LogP contribution in [0.15, 0.2) is 18.2 Å². The van der Waals surface area contributed by atoms with Crippen LogP contribution in [-0.2, 0) is 0 Å². The van der Waals surface area contributed by atoms with E-state index in [9.17, 15) is 4.79 Å². The fraction of sp³-hybridized carbons (Fsp3) is 0.533. The van der Waals surface area contributed by atoms with Crippen molar-refractivity contribution in [1.29, 1.82) is 0 Å². The molecule has 1 amide bonds. The number of nitrogen functional groups attached to an aromatic ring is 1. The number of nitrogens with one attached hydrogen (secondary N) is 1. The zero-order chi connectivity index (χ0) is 14.6. The normalized spacial score (nSPS) is 12.8. The van der Waals surface area contributed by atoms with E-state index in [1.165, 1.54) is 0 Å². The van der Waals surface area contributed by atoms with Crippen molar-refractivity contribution in [3.05, 3.63) is 29.3 Å². The average molecular weight is 263 g/mol. The fourth-order valence-electron chi connectivity index (χ4n) is 2.17. The van der Waals surface area contributed by atoms with Crippen LogP contribution in [0.25, 0.3) is 0 Å². The van der Waals surface area contributed by atoms with E-state index in [2.05, 4.69) is 24.1 Å². The third kappa shape index (κ3) is 4.24. The molecule has 1 unspecified atom stereocenters. The van der Waals surface area contributed by atoms with Gasteiger partial charge in [0, 0.05) is 18.3 Å². The monoisotopic (exact) mass is 263 g/mol. The Morgan fingerprint density at radius 1 is 1.37 bits per heavy atom. The smallest absolute Gasteiger partial charge is 0.253 e. The molecule has 0 radical (unpaired) electrons. The number of amides is 1. The molecule has 0 aliphatic rings. The van der Waals surface area contributed by atoms with Crippen molar-refractivity contribution < 1.29 is 4.79 Å². The van der Waals surface area contributed by atoms with E-state index < -0.39 is 0 Å². The predicted octanol–water partition coefficient (Wildman–Crippen LogP) is 1.89. The van der Waals surface area contributed by atoms with Crippen LogP contribution < -0.4 is 11.1 Å². The summed E-state index contributed by atoms with van der Waals surface area (Å²) < 4.78 is 0. The van der Waals surface area contributed by atoms with Crippen LogP contribution in [0.1, 0.15) is 29.8 Å². The van der Waals surface area contributed by atoms with Crippen molar-refractivity contribution in [2.75, 3.05) is 26.4 Å². The third-order valence-corrected chi connectivity index (χ3v) is 3.36. The van der Waals surface area contributed by atoms with Crippen molar-refractivity contribution in [2.45, 2.75) is 26.8 Å². The van der Waals surface area contributed by atoms with Crippen LogP contribution in [0.4, 0.5) is 5.69 Å². The van der Waals surface area contributed by atoms with E-state index in [0.717, 1.165) is 5.56 Å². The highest BCUT2D eigenvalue weighted by Crippen LogP contribution is 2.14. The molecule has 3 N–H and O–H groups in total. The summed E-state index contributed by atoms with van der Waals surface area (Å²) in [6.45, 7) is 6.87. The molecule has 0 aliphatic heterocycles. The van der Waals surface area contributed by atoms with E-state index in [1.54, 1.807) is 6.07 Å². The minimum absolute atomic E-state index is 0.103. The van der Waals surface area contributed by atoms with Gasteiger partial charge in [-0.1, -0.05) is 25.5 Å². The van der Waals surface area contributed by atoms with Gasteiger partial charge in [0.1, 0.15) is 0 Å². The number of hydrogen-bond donors (Lipinski definition) is 2. The van der Waals surface area contributed by atoms with Gasteiger partial charge in [0.25, 0.3) is 5.91 Å². The highest BCUT2D eigenvalue weighted by Gasteiger charge is 2.17. The van der Waals surface area contributed by atoms with Crippen molar-refractivity contribution in [1.82, 2.24) is 10.2 Å². The molecule has 0 heterocycles. The van der Waals surface area contributed by atoms with Gasteiger partial charge in [0.05, 0.1) is 5.56 Å². The summed E-state index contributed by atoms with van der Waals surface area (Å²) in [6.07, 6.45) is 0. The zero-order valence-electron chi connectivity index (χ0n) is 12.5. The Morgan fingerprint density at radius 3 is 2.53 bits per heavy atom. The fourth-order valence-corrected chi connectivity index (χ4v) is 2.17. The van der Waals surface area contributed by atoms with Crippen molar-refractivity contribution >= 4 is 11.6 Å². The van der Waals surface area contributed by atoms with Gasteiger partial charge in [-0.05, 0) is 39.1 Å².